The fourth-order valence-corrected chi connectivity index (χ4v) is 0. The van der Waals surface area contributed by atoms with Crippen molar-refractivity contribution in [2.75, 3.05) is 0 Å². The molecule has 0 amide bonds. The van der Waals surface area contributed by atoms with Crippen molar-refractivity contribution in [3.05, 3.63) is 0 Å². The Hall–Kier alpha value is 0.670. The molecule has 0 spiro atoms. The fourth-order valence-electron chi connectivity index (χ4n) is 0. The Balaban J connectivity index is -0.0000000150. The number of rotatable bonds is 0. The molecule has 0 aromatic rings. The molecule has 8 heteroatoms. The Labute approximate surface area is 115 Å². The van der Waals surface area contributed by atoms with Crippen LogP contribution in [0.2, 0.25) is 0 Å². The second kappa shape index (κ2) is 74.1. The van der Waals surface area contributed by atoms with E-state index < -0.39 is 19.4 Å². The van der Waals surface area contributed by atoms with Gasteiger partial charge in [-0.3, -0.25) is 0 Å². The maximum absolute atomic E-state index is 8.25. The zero-order chi connectivity index (χ0) is 8.12. The Morgan fingerprint density at radius 3 is 0.727 bits per heavy atom. The van der Waals surface area contributed by atoms with Gasteiger partial charge in [-0.1, -0.05) is 0 Å². The summed E-state index contributed by atoms with van der Waals surface area (Å²) in [4.78, 5) is 24.8. The molecule has 0 aliphatic rings. The van der Waals surface area contributed by atoms with Gasteiger partial charge in [-0.2, -0.15) is 0 Å². The van der Waals surface area contributed by atoms with Crippen molar-refractivity contribution in [1.29, 1.82) is 0 Å². The Morgan fingerprint density at radius 1 is 0.727 bits per heavy atom. The molecule has 0 N–H and O–H groups in total. The van der Waals surface area contributed by atoms with Crippen molar-refractivity contribution in [1.82, 2.24) is 0 Å². The summed E-state index contributed by atoms with van der Waals surface area (Å²) < 4.78 is 0. The van der Waals surface area contributed by atoms with Gasteiger partial charge in [0.05, 0.1) is 0 Å². The third-order valence-electron chi connectivity index (χ3n) is 0. The van der Waals surface area contributed by atoms with Crippen LogP contribution in [-0.4, -0.2) is 57.2 Å². The minimum absolute atomic E-state index is 0. The molecule has 0 bridgehead atoms. The van der Waals surface area contributed by atoms with Crippen molar-refractivity contribution < 1.29 is 59.3 Å². The van der Waals surface area contributed by atoms with Crippen molar-refractivity contribution in [3.63, 3.8) is 0 Å². The summed E-state index contributed by atoms with van der Waals surface area (Å²) in [5, 5.41) is 24.8. The zero-order valence-electron chi connectivity index (χ0n) is 5.89. The fraction of sp³-hybridized carbons (Fsp3) is 0. The van der Waals surface area contributed by atoms with E-state index in [0.717, 1.165) is 0 Å². The molecule has 11 heavy (non-hydrogen) atoms. The van der Waals surface area contributed by atoms with Crippen molar-refractivity contribution in [2.45, 2.75) is 0 Å². The number of carbonyl (C=O) groups is 3. The van der Waals surface area contributed by atoms with Gasteiger partial charge in [0.2, 0.25) is 0 Å². The summed E-state index contributed by atoms with van der Waals surface area (Å²) in [6, 6.07) is 0. The van der Waals surface area contributed by atoms with Gasteiger partial charge in [-0.25, -0.2) is 0 Å². The first-order valence-corrected chi connectivity index (χ1v) is 1.41. The van der Waals surface area contributed by atoms with E-state index in [-0.39, 0.29) is 67.3 Å². The molecule has 0 aromatic carbocycles. The van der Waals surface area contributed by atoms with Gasteiger partial charge in [0.15, 0.2) is 0 Å². The summed E-state index contributed by atoms with van der Waals surface area (Å²) in [6.45, 7) is -1.50. The average Bonchev–Trinajstić information content (AvgIpc) is 1.70. The molecule has 54 valence electrons. The van der Waals surface area contributed by atoms with Gasteiger partial charge in [0.1, 0.15) is 0 Å². The molecule has 0 saturated carbocycles. The van der Waals surface area contributed by atoms with E-state index in [9.17, 15) is 0 Å². The van der Waals surface area contributed by atoms with E-state index >= 15 is 0 Å². The third-order valence-corrected chi connectivity index (χ3v) is 0. The number of carbonyl (C=O) groups excluding carboxylic acids is 3. The second-order valence-corrected chi connectivity index (χ2v) is 0.289. The van der Waals surface area contributed by atoms with E-state index in [1.54, 1.807) is 0 Å². The topological polar surface area (TPSA) is 120 Å². The van der Waals surface area contributed by atoms with Gasteiger partial charge < -0.3 is 29.7 Å². The SMILES string of the molecule is O=C[O-].O=C[O-].O=C[O-].[Ca+2].[Na+]. The average molecular weight is 198 g/mol. The van der Waals surface area contributed by atoms with Crippen LogP contribution in [-0.2, 0) is 14.4 Å². The van der Waals surface area contributed by atoms with Crippen LogP contribution in [0.15, 0.2) is 0 Å². The molecular formula is C3H3CaNaO6. The van der Waals surface area contributed by atoms with Gasteiger partial charge in [0, 0.05) is 19.4 Å². The monoisotopic (exact) mass is 198 g/mol. The molecule has 0 heterocycles. The normalized spacial score (nSPS) is 3.27. The summed E-state index contributed by atoms with van der Waals surface area (Å²) in [7, 11) is 0. The van der Waals surface area contributed by atoms with Crippen LogP contribution in [0.25, 0.3) is 0 Å². The standard InChI is InChI=1S/3CH2O2.Ca.Na/c3*2-1-3;;/h3*1H,(H,2,3);;/q;;;+2;+1/p-3. The van der Waals surface area contributed by atoms with Crippen LogP contribution in [0, 0.1) is 0 Å². The number of hydrogen-bond donors (Lipinski definition) is 0. The molecule has 6 nitrogen and oxygen atoms in total. The van der Waals surface area contributed by atoms with Crippen LogP contribution in [0.3, 0.4) is 0 Å². The smallest absolute Gasteiger partial charge is 0.554 e. The van der Waals surface area contributed by atoms with Crippen molar-refractivity contribution in [2.24, 2.45) is 0 Å². The van der Waals surface area contributed by atoms with Crippen LogP contribution in [0.4, 0.5) is 0 Å². The van der Waals surface area contributed by atoms with Crippen molar-refractivity contribution in [3.8, 4) is 0 Å². The number of carboxylic acid groups (broad SMARTS) is 3. The zero-order valence-corrected chi connectivity index (χ0v) is 10.1. The van der Waals surface area contributed by atoms with E-state index in [4.69, 9.17) is 29.7 Å². The molecule has 0 atom stereocenters. The molecule has 0 saturated heterocycles. The first kappa shape index (κ1) is 29.9. The predicted octanol–water partition coefficient (Wildman–Crippen LogP) is -8.28. The van der Waals surface area contributed by atoms with Gasteiger partial charge in [-0.15, -0.1) is 0 Å². The second-order valence-electron chi connectivity index (χ2n) is 0.289. The molecule has 0 unspecified atom stereocenters. The van der Waals surface area contributed by atoms with Crippen LogP contribution in [0.5, 0.6) is 0 Å². The minimum Gasteiger partial charge on any atom is -0.554 e. The van der Waals surface area contributed by atoms with Gasteiger partial charge >= 0.3 is 67.3 Å². The minimum atomic E-state index is -0.500. The van der Waals surface area contributed by atoms with Crippen LogP contribution >= 0.6 is 0 Å². The molecule has 0 radical (unpaired) electrons. The molecular weight excluding hydrogens is 195 g/mol. The van der Waals surface area contributed by atoms with E-state index in [0.29, 0.717) is 0 Å². The van der Waals surface area contributed by atoms with E-state index in [1.807, 2.05) is 0 Å². The first-order valence-electron chi connectivity index (χ1n) is 1.41. The van der Waals surface area contributed by atoms with Crippen molar-refractivity contribution >= 4 is 57.2 Å². The maximum Gasteiger partial charge on any atom is 2.00 e. The summed E-state index contributed by atoms with van der Waals surface area (Å²) in [5.74, 6) is 0. The number of hydrogen-bond acceptors (Lipinski definition) is 6. The Bertz CT molecular complexity index is 54.6. The van der Waals surface area contributed by atoms with Gasteiger partial charge in [0.25, 0.3) is 0 Å². The summed E-state index contributed by atoms with van der Waals surface area (Å²) in [6.07, 6.45) is 0. The summed E-state index contributed by atoms with van der Waals surface area (Å²) in [5.41, 5.74) is 0. The molecule has 0 rings (SSSR count). The van der Waals surface area contributed by atoms with Crippen LogP contribution < -0.4 is 44.9 Å². The van der Waals surface area contributed by atoms with E-state index in [1.165, 1.54) is 0 Å². The summed E-state index contributed by atoms with van der Waals surface area (Å²) >= 11 is 0. The molecule has 0 aliphatic carbocycles. The third kappa shape index (κ3) is 1790. The Kier molecular flexibility index (Phi) is 201. The van der Waals surface area contributed by atoms with Crippen LogP contribution in [0.1, 0.15) is 0 Å². The Morgan fingerprint density at radius 2 is 0.727 bits per heavy atom. The first-order chi connectivity index (χ1) is 4.24. The quantitative estimate of drug-likeness (QED) is 0.281. The molecule has 0 aromatic heterocycles. The maximum atomic E-state index is 8.25. The predicted molar refractivity (Wildman–Crippen MR) is 23.9 cm³/mol. The van der Waals surface area contributed by atoms with E-state index in [2.05, 4.69) is 0 Å². The molecule has 0 aliphatic heterocycles. The van der Waals surface area contributed by atoms with Gasteiger partial charge in [-0.05, 0) is 0 Å². The largest absolute Gasteiger partial charge is 2.00 e. The molecule has 0 fully saturated rings.